The van der Waals surface area contributed by atoms with Crippen LogP contribution in [0.2, 0.25) is 0 Å². The van der Waals surface area contributed by atoms with Gasteiger partial charge in [0.05, 0.1) is 11.5 Å². The van der Waals surface area contributed by atoms with E-state index in [4.69, 9.17) is 4.74 Å². The molecule has 1 aliphatic rings. The summed E-state index contributed by atoms with van der Waals surface area (Å²) in [6.45, 7) is 5.98. The second-order valence-corrected chi connectivity index (χ2v) is 8.46. The Kier molecular flexibility index (Phi) is 6.98. The van der Waals surface area contributed by atoms with Crippen molar-refractivity contribution in [2.45, 2.75) is 38.0 Å². The minimum Gasteiger partial charge on any atom is -0.383 e. The lowest BCUT2D eigenvalue weighted by atomic mass is 10.0. The third-order valence-corrected chi connectivity index (χ3v) is 6.11. The summed E-state index contributed by atoms with van der Waals surface area (Å²) in [5.41, 5.74) is 1.25. The highest BCUT2D eigenvalue weighted by Crippen LogP contribution is 2.21. The average Bonchev–Trinajstić information content (AvgIpc) is 2.79. The highest BCUT2D eigenvalue weighted by molar-refractivity contribution is 7.89. The van der Waals surface area contributed by atoms with E-state index in [9.17, 15) is 13.2 Å². The zero-order chi connectivity index (χ0) is 18.4. The van der Waals surface area contributed by atoms with Crippen LogP contribution in [0.25, 0.3) is 0 Å². The average molecular weight is 368 g/mol. The summed E-state index contributed by atoms with van der Waals surface area (Å²) >= 11 is 0. The Hall–Kier alpha value is -1.44. The summed E-state index contributed by atoms with van der Waals surface area (Å²) in [7, 11) is -2.14. The van der Waals surface area contributed by atoms with Crippen LogP contribution in [0.3, 0.4) is 0 Å². The quantitative estimate of drug-likeness (QED) is 0.781. The summed E-state index contributed by atoms with van der Waals surface area (Å²) in [5, 5.41) is 0. The van der Waals surface area contributed by atoms with Gasteiger partial charge < -0.3 is 9.64 Å². The van der Waals surface area contributed by atoms with Crippen molar-refractivity contribution in [3.63, 3.8) is 0 Å². The van der Waals surface area contributed by atoms with Crippen LogP contribution < -0.4 is 4.72 Å². The summed E-state index contributed by atoms with van der Waals surface area (Å²) in [5.74, 6) is 0.538. The fourth-order valence-corrected chi connectivity index (χ4v) is 4.04. The second-order valence-electron chi connectivity index (χ2n) is 6.70. The Balaban J connectivity index is 2.22. The number of nitrogens with one attached hydrogen (secondary N) is 1. The van der Waals surface area contributed by atoms with Crippen LogP contribution >= 0.6 is 0 Å². The van der Waals surface area contributed by atoms with E-state index in [1.807, 2.05) is 11.8 Å². The minimum absolute atomic E-state index is 0.0828. The van der Waals surface area contributed by atoms with Crippen LogP contribution in [0, 0.1) is 12.8 Å². The maximum absolute atomic E-state index is 12.9. The molecule has 1 fully saturated rings. The molecule has 1 heterocycles. The predicted molar refractivity (Wildman–Crippen MR) is 97.2 cm³/mol. The zero-order valence-corrected chi connectivity index (χ0v) is 16.1. The Labute approximate surface area is 150 Å². The number of carbonyl (C=O) groups is 1. The van der Waals surface area contributed by atoms with Gasteiger partial charge in [0.2, 0.25) is 10.0 Å². The van der Waals surface area contributed by atoms with Gasteiger partial charge >= 0.3 is 0 Å². The van der Waals surface area contributed by atoms with Crippen LogP contribution in [0.15, 0.2) is 23.1 Å². The van der Waals surface area contributed by atoms with Crippen LogP contribution in [0.5, 0.6) is 0 Å². The first kappa shape index (κ1) is 19.9. The molecule has 1 aromatic carbocycles. The largest absolute Gasteiger partial charge is 0.383 e. The Morgan fingerprint density at radius 3 is 2.80 bits per heavy atom. The van der Waals surface area contributed by atoms with Gasteiger partial charge in [0.1, 0.15) is 0 Å². The van der Waals surface area contributed by atoms with Crippen LogP contribution in [0.1, 0.15) is 42.1 Å². The molecule has 25 heavy (non-hydrogen) atoms. The summed E-state index contributed by atoms with van der Waals surface area (Å²) in [6, 6.07) is 4.71. The summed E-state index contributed by atoms with van der Waals surface area (Å²) in [6.07, 6.45) is 3.10. The molecular formula is C18H28N2O4S. The Morgan fingerprint density at radius 2 is 2.08 bits per heavy atom. The van der Waals surface area contributed by atoms with Gasteiger partial charge in [-0.2, -0.15) is 0 Å². The molecule has 6 nitrogen and oxygen atoms in total. The van der Waals surface area contributed by atoms with E-state index in [-0.39, 0.29) is 17.3 Å². The highest BCUT2D eigenvalue weighted by Gasteiger charge is 2.23. The lowest BCUT2D eigenvalue weighted by Crippen LogP contribution is -2.33. The summed E-state index contributed by atoms with van der Waals surface area (Å²) < 4.78 is 32.1. The molecule has 1 N–H and O–H groups in total. The van der Waals surface area contributed by atoms with Gasteiger partial charge in [-0.15, -0.1) is 0 Å². The van der Waals surface area contributed by atoms with E-state index in [1.54, 1.807) is 6.07 Å². The van der Waals surface area contributed by atoms with E-state index in [1.165, 1.54) is 19.2 Å². The van der Waals surface area contributed by atoms with Gasteiger partial charge in [0.15, 0.2) is 0 Å². The molecule has 0 saturated carbocycles. The molecule has 0 aromatic heterocycles. The Morgan fingerprint density at radius 1 is 1.32 bits per heavy atom. The predicted octanol–water partition coefficient (Wildman–Crippen LogP) is 2.18. The van der Waals surface area contributed by atoms with Crippen molar-refractivity contribution in [1.29, 1.82) is 0 Å². The topological polar surface area (TPSA) is 75.7 Å². The molecule has 1 atom stereocenters. The third-order valence-electron chi connectivity index (χ3n) is 4.65. The van der Waals surface area contributed by atoms with Crippen molar-refractivity contribution < 1.29 is 17.9 Å². The van der Waals surface area contributed by atoms with Gasteiger partial charge in [-0.1, -0.05) is 13.0 Å². The first-order valence-corrected chi connectivity index (χ1v) is 10.2. The van der Waals surface area contributed by atoms with E-state index in [0.29, 0.717) is 18.1 Å². The van der Waals surface area contributed by atoms with Gasteiger partial charge in [0.25, 0.3) is 5.91 Å². The van der Waals surface area contributed by atoms with E-state index >= 15 is 0 Å². The number of rotatable bonds is 6. The molecule has 1 saturated heterocycles. The standard InChI is InChI=1S/C18H28N2O4S/c1-14-5-4-10-20(11-8-14)18(21)17-13-16(7-6-15(17)2)25(22,23)19-9-12-24-3/h6-7,13-14,19H,4-5,8-12H2,1-3H3/t14-/m0/s1. The van der Waals surface area contributed by atoms with Crippen molar-refractivity contribution in [1.82, 2.24) is 9.62 Å². The number of nitrogens with zero attached hydrogens (tertiary/aromatic N) is 1. The number of methoxy groups -OCH3 is 1. The van der Waals surface area contributed by atoms with E-state index < -0.39 is 10.0 Å². The van der Waals surface area contributed by atoms with Crippen molar-refractivity contribution in [3.05, 3.63) is 29.3 Å². The smallest absolute Gasteiger partial charge is 0.254 e. The van der Waals surface area contributed by atoms with E-state index in [2.05, 4.69) is 11.6 Å². The maximum Gasteiger partial charge on any atom is 0.254 e. The van der Waals surface area contributed by atoms with Gasteiger partial charge in [-0.25, -0.2) is 13.1 Å². The molecular weight excluding hydrogens is 340 g/mol. The zero-order valence-electron chi connectivity index (χ0n) is 15.2. The number of ether oxygens (including phenoxy) is 1. The van der Waals surface area contributed by atoms with Crippen molar-refractivity contribution >= 4 is 15.9 Å². The molecule has 2 rings (SSSR count). The molecule has 0 aliphatic carbocycles. The van der Waals surface area contributed by atoms with Gasteiger partial charge in [0, 0.05) is 32.3 Å². The molecule has 1 amide bonds. The number of hydrogen-bond donors (Lipinski definition) is 1. The highest BCUT2D eigenvalue weighted by atomic mass is 32.2. The van der Waals surface area contributed by atoms with Crippen molar-refractivity contribution in [3.8, 4) is 0 Å². The number of likely N-dealkylation sites (tertiary alicyclic amines) is 1. The molecule has 0 bridgehead atoms. The Bertz CT molecular complexity index is 703. The minimum atomic E-state index is -3.65. The molecule has 140 valence electrons. The fourth-order valence-electron chi connectivity index (χ4n) is 3.00. The van der Waals surface area contributed by atoms with Crippen LogP contribution in [-0.4, -0.2) is 52.6 Å². The summed E-state index contributed by atoms with van der Waals surface area (Å²) in [4.78, 5) is 14.9. The lowest BCUT2D eigenvalue weighted by molar-refractivity contribution is 0.0759. The van der Waals surface area contributed by atoms with E-state index in [0.717, 1.165) is 37.9 Å². The number of benzene rings is 1. The van der Waals surface area contributed by atoms with Crippen LogP contribution in [0.4, 0.5) is 0 Å². The lowest BCUT2D eigenvalue weighted by Gasteiger charge is -2.22. The van der Waals surface area contributed by atoms with Gasteiger partial charge in [-0.05, 0) is 49.8 Å². The molecule has 0 spiro atoms. The first-order chi connectivity index (χ1) is 11.8. The number of aryl methyl sites for hydroxylation is 1. The van der Waals surface area contributed by atoms with Crippen molar-refractivity contribution in [2.75, 3.05) is 33.4 Å². The molecule has 1 aromatic rings. The number of carbonyl (C=O) groups excluding carboxylic acids is 1. The monoisotopic (exact) mass is 368 g/mol. The van der Waals surface area contributed by atoms with Crippen molar-refractivity contribution in [2.24, 2.45) is 5.92 Å². The normalized spacial score (nSPS) is 18.8. The third kappa shape index (κ3) is 5.26. The second kappa shape index (κ2) is 8.78. The maximum atomic E-state index is 12.9. The van der Waals surface area contributed by atoms with Gasteiger partial charge in [-0.3, -0.25) is 4.79 Å². The molecule has 7 heteroatoms. The number of amides is 1. The number of hydrogen-bond acceptors (Lipinski definition) is 4. The first-order valence-electron chi connectivity index (χ1n) is 8.73. The molecule has 1 aliphatic heterocycles. The fraction of sp³-hybridized carbons (Fsp3) is 0.611. The SMILES string of the molecule is COCCNS(=O)(=O)c1ccc(C)c(C(=O)N2CCC[C@H](C)CC2)c1. The molecule has 0 unspecified atom stereocenters. The number of sulfonamides is 1. The van der Waals surface area contributed by atoms with Crippen LogP contribution in [-0.2, 0) is 14.8 Å². The molecule has 0 radical (unpaired) electrons.